The maximum absolute atomic E-state index is 11.3. The van der Waals surface area contributed by atoms with E-state index in [1.165, 1.54) is 31.2 Å². The summed E-state index contributed by atoms with van der Waals surface area (Å²) in [7, 11) is 0. The molecule has 0 aromatic heterocycles. The van der Waals surface area contributed by atoms with Crippen LogP contribution in [0.5, 0.6) is 0 Å². The van der Waals surface area contributed by atoms with Gasteiger partial charge in [0.25, 0.3) is 0 Å². The summed E-state index contributed by atoms with van der Waals surface area (Å²) in [5.74, 6) is -2.83. The van der Waals surface area contributed by atoms with Gasteiger partial charge in [-0.15, -0.1) is 0 Å². The molecule has 2 bridgehead atoms. The van der Waals surface area contributed by atoms with Crippen molar-refractivity contribution in [2.75, 3.05) is 0 Å². The van der Waals surface area contributed by atoms with Gasteiger partial charge in [0, 0.05) is 19.1 Å². The smallest absolute Gasteiger partial charge is 0.215 e. The van der Waals surface area contributed by atoms with Crippen LogP contribution in [-0.4, -0.2) is 16.9 Å². The first-order valence-electron chi connectivity index (χ1n) is 7.75. The predicted octanol–water partition coefficient (Wildman–Crippen LogP) is 1.06. The molecule has 3 N–H and O–H groups in total. The molecule has 0 aliphatic carbocycles. The Balaban J connectivity index is 2.30. The van der Waals surface area contributed by atoms with E-state index in [9.17, 15) is 26.2 Å². The molecule has 4 rings (SSSR count). The van der Waals surface area contributed by atoms with Crippen molar-refractivity contribution in [2.24, 2.45) is 16.7 Å². The molecule has 5 unspecified atom stereocenters. The van der Waals surface area contributed by atoms with Crippen LogP contribution in [0, 0.1) is 61.4 Å². The minimum atomic E-state index is -2.02. The lowest BCUT2D eigenvalue weighted by molar-refractivity contribution is -0.991. The summed E-state index contributed by atoms with van der Waals surface area (Å²) in [5, 5.41) is 57.3. The van der Waals surface area contributed by atoms with Crippen LogP contribution in [0.2, 0.25) is 0 Å². The second-order valence-electron chi connectivity index (χ2n) is 6.55. The Kier molecular flexibility index (Phi) is 3.77. The molecule has 1 aromatic rings. The largest absolute Gasteiger partial charge is 0.595 e. The van der Waals surface area contributed by atoms with Gasteiger partial charge in [-0.1, -0.05) is 19.1 Å². The first-order chi connectivity index (χ1) is 12.2. The molecule has 0 amide bonds. The van der Waals surface area contributed by atoms with Gasteiger partial charge in [-0.3, -0.25) is 5.41 Å². The fraction of sp³-hybridized carbons (Fsp3) is 0.412. The Morgan fingerprint density at radius 3 is 2.46 bits per heavy atom. The number of quaternary nitrogens is 1. The third kappa shape index (κ3) is 1.87. The number of hydrogen-bond donors (Lipinski definition) is 3. The van der Waals surface area contributed by atoms with Crippen molar-refractivity contribution >= 4 is 11.6 Å². The number of ether oxygens (including phenoxy) is 2. The normalized spacial score (nSPS) is 35.5. The molecular weight excluding hydrogens is 338 g/mol. The Bertz CT molecular complexity index is 897. The van der Waals surface area contributed by atoms with Crippen LogP contribution in [0.15, 0.2) is 24.3 Å². The van der Waals surface area contributed by atoms with Crippen LogP contribution >= 0.6 is 0 Å². The van der Waals surface area contributed by atoms with Crippen LogP contribution in [0.25, 0.3) is 0 Å². The van der Waals surface area contributed by atoms with Gasteiger partial charge in [-0.05, 0) is 5.56 Å². The molecule has 0 radical (unpaired) electrons. The molecule has 0 spiro atoms. The summed E-state index contributed by atoms with van der Waals surface area (Å²) in [5.41, 5.74) is -3.67. The minimum absolute atomic E-state index is 0.0363. The van der Waals surface area contributed by atoms with E-state index in [4.69, 9.17) is 14.9 Å². The lowest BCUT2D eigenvalue weighted by Gasteiger charge is -2.60. The number of nitriles is 3. The number of fused-ring (bicyclic) bond motifs is 3. The first-order valence-corrected chi connectivity index (χ1v) is 7.75. The van der Waals surface area contributed by atoms with Crippen LogP contribution in [0.4, 0.5) is 5.69 Å². The number of rotatable bonds is 2. The second-order valence-corrected chi connectivity index (χ2v) is 6.55. The van der Waals surface area contributed by atoms with Gasteiger partial charge in [0.05, 0.1) is 24.1 Å². The zero-order chi connectivity index (χ0) is 19.3. The minimum Gasteiger partial charge on any atom is -0.595 e. The first kappa shape index (κ1) is 17.8. The van der Waals surface area contributed by atoms with Gasteiger partial charge in [0.15, 0.2) is 16.5 Å². The van der Waals surface area contributed by atoms with Crippen molar-refractivity contribution in [3.63, 3.8) is 0 Å². The highest BCUT2D eigenvalue weighted by atomic mass is 16.8. The molecule has 5 atom stereocenters. The molecule has 3 heterocycles. The Labute approximate surface area is 149 Å². The third-order valence-electron chi connectivity index (χ3n) is 5.43. The monoisotopic (exact) mass is 353 g/mol. The molecular formula is C17H15N5O4. The molecule has 132 valence electrons. The van der Waals surface area contributed by atoms with E-state index in [1.807, 2.05) is 18.2 Å². The van der Waals surface area contributed by atoms with Crippen molar-refractivity contribution in [1.29, 1.82) is 21.2 Å². The predicted molar refractivity (Wildman–Crippen MR) is 84.1 cm³/mol. The summed E-state index contributed by atoms with van der Waals surface area (Å²) in [6, 6.07) is 11.5. The summed E-state index contributed by atoms with van der Waals surface area (Å²) in [6.07, 6.45) is -1.20. The van der Waals surface area contributed by atoms with Gasteiger partial charge in [0.2, 0.25) is 11.7 Å². The van der Waals surface area contributed by atoms with E-state index >= 15 is 0 Å². The molecule has 9 heteroatoms. The maximum atomic E-state index is 11.3. The van der Waals surface area contributed by atoms with E-state index in [-0.39, 0.29) is 11.3 Å². The van der Waals surface area contributed by atoms with Crippen molar-refractivity contribution in [2.45, 2.75) is 25.7 Å². The van der Waals surface area contributed by atoms with Crippen molar-refractivity contribution in [1.82, 2.24) is 0 Å². The highest BCUT2D eigenvalue weighted by molar-refractivity contribution is 5.88. The van der Waals surface area contributed by atoms with Gasteiger partial charge >= 0.3 is 0 Å². The summed E-state index contributed by atoms with van der Waals surface area (Å²) in [6.45, 7) is 3.07. The lowest BCUT2D eigenvalue weighted by atomic mass is 9.51. The van der Waals surface area contributed by atoms with E-state index in [0.717, 1.165) is 0 Å². The van der Waals surface area contributed by atoms with Gasteiger partial charge in [0.1, 0.15) is 6.10 Å². The van der Waals surface area contributed by atoms with Crippen LogP contribution in [0.1, 0.15) is 25.5 Å². The third-order valence-corrected chi connectivity index (χ3v) is 5.43. The Morgan fingerprint density at radius 2 is 1.92 bits per heavy atom. The van der Waals surface area contributed by atoms with Crippen molar-refractivity contribution in [3.8, 4) is 18.2 Å². The number of nitrogens with zero attached hydrogens (tertiary/aromatic N) is 3. The Morgan fingerprint density at radius 1 is 1.27 bits per heavy atom. The fourth-order valence-corrected chi connectivity index (χ4v) is 3.81. The van der Waals surface area contributed by atoms with Gasteiger partial charge in [-0.25, -0.2) is 5.21 Å². The maximum Gasteiger partial charge on any atom is 0.215 e. The topological polar surface area (TPSA) is 161 Å². The summed E-state index contributed by atoms with van der Waals surface area (Å²) >= 11 is 0. The zero-order valence-electron chi connectivity index (χ0n) is 14.0. The highest BCUT2D eigenvalue weighted by Crippen LogP contribution is 2.66. The average molecular weight is 353 g/mol. The van der Waals surface area contributed by atoms with E-state index < -0.39 is 39.8 Å². The molecule has 1 aromatic carbocycles. The van der Waals surface area contributed by atoms with Crippen LogP contribution < -0.4 is 5.23 Å². The lowest BCUT2D eigenvalue weighted by Crippen LogP contribution is -2.99. The van der Waals surface area contributed by atoms with Gasteiger partial charge < -0.3 is 14.7 Å². The molecule has 26 heavy (non-hydrogen) atoms. The summed E-state index contributed by atoms with van der Waals surface area (Å²) in [4.78, 5) is 0. The molecule has 3 aliphatic rings. The molecule has 0 saturated carbocycles. The quantitative estimate of drug-likeness (QED) is 0.670. The zero-order valence-corrected chi connectivity index (χ0v) is 14.0. The van der Waals surface area contributed by atoms with Gasteiger partial charge in [-0.2, -0.15) is 21.0 Å². The van der Waals surface area contributed by atoms with Crippen LogP contribution in [0.3, 0.4) is 0 Å². The molecule has 3 fully saturated rings. The average Bonchev–Trinajstić information content (AvgIpc) is 2.63. The second kappa shape index (κ2) is 5.50. The standard InChI is InChI=1S/C17H15N5O4/c1-10-15(2)25-13(11-4-3-5-12(6-11)22(23)24)17(9-20,14(21)26-15)16(10,7-18)8-19/h3-6,10,13,21-23H,1-2H3. The number of hydrogen-bond acceptors (Lipinski definition) is 8. The van der Waals surface area contributed by atoms with Crippen molar-refractivity contribution in [3.05, 3.63) is 35.0 Å². The summed E-state index contributed by atoms with van der Waals surface area (Å²) < 4.78 is 11.4. The van der Waals surface area contributed by atoms with E-state index in [1.54, 1.807) is 6.92 Å². The Hall–Kier alpha value is -3.00. The molecule has 9 nitrogen and oxygen atoms in total. The fourth-order valence-electron chi connectivity index (χ4n) is 3.81. The highest BCUT2D eigenvalue weighted by Gasteiger charge is 2.78. The van der Waals surface area contributed by atoms with E-state index in [2.05, 4.69) is 0 Å². The number of nitrogens with one attached hydrogen (secondary N) is 2. The van der Waals surface area contributed by atoms with E-state index in [0.29, 0.717) is 0 Å². The SMILES string of the molecule is CC1C2(C)OC(=N)C(C#N)(C(c3cccc([NH+]([O-])O)c3)O2)C1(C#N)C#N. The number of benzene rings is 1. The van der Waals surface area contributed by atoms with Crippen LogP contribution in [-0.2, 0) is 9.47 Å². The molecule has 3 aliphatic heterocycles. The molecule has 3 saturated heterocycles. The van der Waals surface area contributed by atoms with Crippen molar-refractivity contribution < 1.29 is 19.9 Å².